The Balaban J connectivity index is 1.70. The third-order valence-electron chi connectivity index (χ3n) is 5.43. The van der Waals surface area contributed by atoms with Crippen molar-refractivity contribution in [2.45, 2.75) is 39.2 Å². The van der Waals surface area contributed by atoms with E-state index in [0.717, 1.165) is 30.0 Å². The Labute approximate surface area is 154 Å². The van der Waals surface area contributed by atoms with Crippen molar-refractivity contribution in [3.05, 3.63) is 60.4 Å². The predicted octanol–water partition coefficient (Wildman–Crippen LogP) is 4.60. The van der Waals surface area contributed by atoms with Crippen LogP contribution in [0.3, 0.4) is 0 Å². The zero-order chi connectivity index (χ0) is 18.1. The topological polar surface area (TPSA) is 38.1 Å². The molecule has 0 N–H and O–H groups in total. The number of imidazole rings is 1. The molecule has 0 saturated carbocycles. The lowest BCUT2D eigenvalue weighted by Gasteiger charge is -2.18. The second-order valence-corrected chi connectivity index (χ2v) is 7.32. The average molecular weight is 347 g/mol. The van der Waals surface area contributed by atoms with E-state index in [1.54, 1.807) is 0 Å². The van der Waals surface area contributed by atoms with Gasteiger partial charge in [-0.3, -0.25) is 4.79 Å². The van der Waals surface area contributed by atoms with Gasteiger partial charge in [-0.2, -0.15) is 0 Å². The van der Waals surface area contributed by atoms with Gasteiger partial charge in [-0.25, -0.2) is 4.98 Å². The van der Waals surface area contributed by atoms with Crippen molar-refractivity contribution in [2.75, 3.05) is 11.4 Å². The Morgan fingerprint density at radius 1 is 1.12 bits per heavy atom. The molecule has 0 bridgehead atoms. The highest BCUT2D eigenvalue weighted by molar-refractivity contribution is 5.96. The first-order valence-electron chi connectivity index (χ1n) is 9.48. The molecule has 4 rings (SSSR count). The summed E-state index contributed by atoms with van der Waals surface area (Å²) in [4.78, 5) is 19.5. The molecule has 134 valence electrons. The zero-order valence-electron chi connectivity index (χ0n) is 15.4. The van der Waals surface area contributed by atoms with Crippen LogP contribution in [0.5, 0.6) is 0 Å². The van der Waals surface area contributed by atoms with Crippen LogP contribution in [0.4, 0.5) is 5.69 Å². The quantitative estimate of drug-likeness (QED) is 0.676. The van der Waals surface area contributed by atoms with Crippen molar-refractivity contribution >= 4 is 22.6 Å². The molecule has 1 aromatic heterocycles. The number of rotatable bonds is 5. The zero-order valence-corrected chi connectivity index (χ0v) is 15.4. The summed E-state index contributed by atoms with van der Waals surface area (Å²) in [7, 11) is 0. The number of hydrogen-bond acceptors (Lipinski definition) is 2. The fraction of sp³-hybridized carbons (Fsp3) is 0.364. The maximum atomic E-state index is 12.7. The molecule has 0 radical (unpaired) electrons. The van der Waals surface area contributed by atoms with E-state index in [2.05, 4.69) is 36.6 Å². The first-order chi connectivity index (χ1) is 12.7. The van der Waals surface area contributed by atoms with Crippen LogP contribution < -0.4 is 4.90 Å². The smallest absolute Gasteiger partial charge is 0.227 e. The number of carbonyl (C=O) groups is 1. The van der Waals surface area contributed by atoms with Gasteiger partial charge in [0.2, 0.25) is 5.91 Å². The standard InChI is InChI=1S/C22H25N3O/c1-3-16(2)14-25-20-12-8-7-11-19(20)23-22(25)17-13-21(26)24(15-17)18-9-5-4-6-10-18/h4-12,16-17H,3,13-15H2,1-2H3/t16-,17+/m1/s1. The molecular formula is C22H25N3O. The molecule has 4 heteroatoms. The van der Waals surface area contributed by atoms with Crippen molar-refractivity contribution < 1.29 is 4.79 Å². The number of carbonyl (C=O) groups excluding carboxylic acids is 1. The number of amides is 1. The molecule has 4 nitrogen and oxygen atoms in total. The van der Waals surface area contributed by atoms with E-state index in [-0.39, 0.29) is 11.8 Å². The first kappa shape index (κ1) is 16.8. The Bertz CT molecular complexity index is 916. The van der Waals surface area contributed by atoms with Gasteiger partial charge in [0.1, 0.15) is 5.82 Å². The van der Waals surface area contributed by atoms with Crippen LogP contribution in [0.2, 0.25) is 0 Å². The van der Waals surface area contributed by atoms with E-state index in [1.165, 1.54) is 5.52 Å². The molecule has 2 heterocycles. The molecule has 2 aromatic carbocycles. The van der Waals surface area contributed by atoms with Crippen LogP contribution in [-0.2, 0) is 11.3 Å². The summed E-state index contributed by atoms with van der Waals surface area (Å²) in [5, 5.41) is 0. The average Bonchev–Trinajstić information content (AvgIpc) is 3.23. The number of hydrogen-bond donors (Lipinski definition) is 0. The van der Waals surface area contributed by atoms with Crippen LogP contribution >= 0.6 is 0 Å². The summed E-state index contributed by atoms with van der Waals surface area (Å²) in [6, 6.07) is 18.2. The molecule has 2 atom stereocenters. The fourth-order valence-electron chi connectivity index (χ4n) is 3.78. The Hall–Kier alpha value is -2.62. The van der Waals surface area contributed by atoms with E-state index in [9.17, 15) is 4.79 Å². The van der Waals surface area contributed by atoms with E-state index in [0.29, 0.717) is 18.9 Å². The number of aromatic nitrogens is 2. The lowest BCUT2D eigenvalue weighted by atomic mass is 10.1. The Morgan fingerprint density at radius 3 is 2.62 bits per heavy atom. The van der Waals surface area contributed by atoms with Crippen LogP contribution in [0, 0.1) is 5.92 Å². The van der Waals surface area contributed by atoms with Crippen LogP contribution in [-0.4, -0.2) is 22.0 Å². The molecule has 1 aliphatic heterocycles. The van der Waals surface area contributed by atoms with Crippen LogP contribution in [0.25, 0.3) is 11.0 Å². The van der Waals surface area contributed by atoms with Crippen LogP contribution in [0.1, 0.15) is 38.4 Å². The maximum Gasteiger partial charge on any atom is 0.227 e. The number of nitrogens with zero attached hydrogens (tertiary/aromatic N) is 3. The van der Waals surface area contributed by atoms with E-state index in [4.69, 9.17) is 4.98 Å². The van der Waals surface area contributed by atoms with Crippen LogP contribution in [0.15, 0.2) is 54.6 Å². The van der Waals surface area contributed by atoms with Crippen molar-refractivity contribution in [3.8, 4) is 0 Å². The van der Waals surface area contributed by atoms with Gasteiger partial charge in [0.15, 0.2) is 0 Å². The predicted molar refractivity (Wildman–Crippen MR) is 105 cm³/mol. The molecular weight excluding hydrogens is 322 g/mol. The van der Waals surface area contributed by atoms with E-state index >= 15 is 0 Å². The van der Waals surface area contributed by atoms with Crippen molar-refractivity contribution in [1.29, 1.82) is 0 Å². The van der Waals surface area contributed by atoms with Gasteiger partial charge in [0, 0.05) is 31.1 Å². The minimum atomic E-state index is 0.138. The number of para-hydroxylation sites is 3. The summed E-state index contributed by atoms with van der Waals surface area (Å²) in [5.41, 5.74) is 3.18. The highest BCUT2D eigenvalue weighted by Gasteiger charge is 2.34. The molecule has 0 aliphatic carbocycles. The van der Waals surface area contributed by atoms with Gasteiger partial charge in [-0.05, 0) is 30.2 Å². The molecule has 3 aromatic rings. The molecule has 0 unspecified atom stereocenters. The first-order valence-corrected chi connectivity index (χ1v) is 9.48. The summed E-state index contributed by atoms with van der Waals surface area (Å²) < 4.78 is 2.34. The molecule has 0 spiro atoms. The summed E-state index contributed by atoms with van der Waals surface area (Å²) >= 11 is 0. The van der Waals surface area contributed by atoms with Gasteiger partial charge in [-0.1, -0.05) is 50.6 Å². The minimum absolute atomic E-state index is 0.138. The van der Waals surface area contributed by atoms with E-state index < -0.39 is 0 Å². The molecule has 1 saturated heterocycles. The molecule has 1 aliphatic rings. The number of anilines is 1. The largest absolute Gasteiger partial charge is 0.327 e. The third-order valence-corrected chi connectivity index (χ3v) is 5.43. The van der Waals surface area contributed by atoms with Crippen molar-refractivity contribution in [1.82, 2.24) is 9.55 Å². The molecule has 1 amide bonds. The SMILES string of the molecule is CC[C@@H](C)Cn1c([C@H]2CC(=O)N(c3ccccc3)C2)nc2ccccc21. The molecule has 26 heavy (non-hydrogen) atoms. The molecule has 1 fully saturated rings. The highest BCUT2D eigenvalue weighted by Crippen LogP contribution is 2.33. The number of benzene rings is 2. The van der Waals surface area contributed by atoms with Crippen molar-refractivity contribution in [3.63, 3.8) is 0 Å². The highest BCUT2D eigenvalue weighted by atomic mass is 16.2. The number of fused-ring (bicyclic) bond motifs is 1. The van der Waals surface area contributed by atoms with Gasteiger partial charge in [-0.15, -0.1) is 0 Å². The summed E-state index contributed by atoms with van der Waals surface area (Å²) in [6.45, 7) is 6.14. The third kappa shape index (κ3) is 3.00. The van der Waals surface area contributed by atoms with Gasteiger partial charge < -0.3 is 9.47 Å². The van der Waals surface area contributed by atoms with E-state index in [1.807, 2.05) is 41.3 Å². The van der Waals surface area contributed by atoms with Gasteiger partial charge in [0.05, 0.1) is 11.0 Å². The second-order valence-electron chi connectivity index (χ2n) is 7.32. The van der Waals surface area contributed by atoms with Crippen molar-refractivity contribution in [2.24, 2.45) is 5.92 Å². The Kier molecular flexibility index (Phi) is 4.49. The Morgan fingerprint density at radius 2 is 1.85 bits per heavy atom. The fourth-order valence-corrected chi connectivity index (χ4v) is 3.78. The lowest BCUT2D eigenvalue weighted by Crippen LogP contribution is -2.24. The summed E-state index contributed by atoms with van der Waals surface area (Å²) in [6.07, 6.45) is 1.66. The summed E-state index contributed by atoms with van der Waals surface area (Å²) in [5.74, 6) is 1.95. The maximum absolute atomic E-state index is 12.7. The minimum Gasteiger partial charge on any atom is -0.327 e. The van der Waals surface area contributed by atoms with Gasteiger partial charge >= 0.3 is 0 Å². The monoisotopic (exact) mass is 347 g/mol. The lowest BCUT2D eigenvalue weighted by molar-refractivity contribution is -0.117. The van der Waals surface area contributed by atoms with Gasteiger partial charge in [0.25, 0.3) is 0 Å². The second kappa shape index (κ2) is 6.94. The normalized spacial score (nSPS) is 18.6.